The fraction of sp³-hybridized carbons (Fsp3) is 0.357. The van der Waals surface area contributed by atoms with Crippen LogP contribution in [-0.2, 0) is 9.84 Å². The number of likely N-dealkylation sites (N-methyl/N-ethyl adjacent to an activating group) is 1. The van der Waals surface area contributed by atoms with Gasteiger partial charge in [0, 0.05) is 66.8 Å². The second-order valence-electron chi connectivity index (χ2n) is 10.0. The summed E-state index contributed by atoms with van der Waals surface area (Å²) in [6.45, 7) is 4.04. The summed E-state index contributed by atoms with van der Waals surface area (Å²) in [7, 11) is -2.02. The number of aromatic nitrogens is 2. The molecular weight excluding hydrogens is 522 g/mol. The molecule has 3 aromatic rings. The largest absolute Gasteiger partial charge is 0.369 e. The third-order valence-electron chi connectivity index (χ3n) is 7.13. The van der Waals surface area contributed by atoms with E-state index in [9.17, 15) is 17.2 Å². The van der Waals surface area contributed by atoms with Crippen LogP contribution in [0.1, 0.15) is 31.2 Å². The van der Waals surface area contributed by atoms with Gasteiger partial charge in [0.05, 0.1) is 0 Å². The Morgan fingerprint density at radius 3 is 2.41 bits per heavy atom. The minimum Gasteiger partial charge on any atom is -0.369 e. The van der Waals surface area contributed by atoms with Gasteiger partial charge in [0.25, 0.3) is 0 Å². The lowest BCUT2D eigenvalue weighted by Gasteiger charge is -2.34. The summed E-state index contributed by atoms with van der Waals surface area (Å²) in [5.74, 6) is -1.13. The van der Waals surface area contributed by atoms with E-state index in [2.05, 4.69) is 49.6 Å². The predicted molar refractivity (Wildman–Crippen MR) is 150 cm³/mol. The average molecular weight is 555 g/mol. The van der Waals surface area contributed by atoms with E-state index in [4.69, 9.17) is 0 Å². The highest BCUT2D eigenvalue weighted by atomic mass is 32.2. The standard InChI is InChI=1S/C28H32F2N6O2S/c1-35-13-15-36(16-14-35)24-9-7-23(8-10-24)33-28-31-19-20(27(34-28)32-22-4-2-3-5-22)12-17-39(37,38)26-11-6-21(29)18-25(26)30/h6-12,17-19,22H,2-5,13-16H2,1H3,(H2,31,32,33,34)/b17-12+. The number of halogens is 2. The molecule has 8 nitrogen and oxygen atoms in total. The fourth-order valence-corrected chi connectivity index (χ4v) is 5.90. The molecule has 39 heavy (non-hydrogen) atoms. The van der Waals surface area contributed by atoms with Gasteiger partial charge in [0.2, 0.25) is 15.8 Å². The number of anilines is 4. The van der Waals surface area contributed by atoms with Crippen molar-refractivity contribution in [3.05, 3.63) is 71.3 Å². The van der Waals surface area contributed by atoms with Crippen LogP contribution in [0.3, 0.4) is 0 Å². The van der Waals surface area contributed by atoms with E-state index in [0.717, 1.165) is 80.8 Å². The summed E-state index contributed by atoms with van der Waals surface area (Å²) in [5, 5.41) is 7.54. The van der Waals surface area contributed by atoms with Crippen LogP contribution in [-0.4, -0.2) is 62.6 Å². The molecule has 5 rings (SSSR count). The molecule has 0 bridgehead atoms. The van der Waals surface area contributed by atoms with Crippen molar-refractivity contribution in [2.45, 2.75) is 36.6 Å². The lowest BCUT2D eigenvalue weighted by molar-refractivity contribution is 0.313. The van der Waals surface area contributed by atoms with E-state index < -0.39 is 26.4 Å². The summed E-state index contributed by atoms with van der Waals surface area (Å²) in [4.78, 5) is 13.1. The number of piperazine rings is 1. The minimum atomic E-state index is -4.15. The monoisotopic (exact) mass is 554 g/mol. The van der Waals surface area contributed by atoms with Crippen molar-refractivity contribution in [3.8, 4) is 0 Å². The Balaban J connectivity index is 1.35. The molecule has 11 heteroatoms. The molecular formula is C28H32F2N6O2S. The number of hydrogen-bond donors (Lipinski definition) is 2. The van der Waals surface area contributed by atoms with Crippen molar-refractivity contribution in [3.63, 3.8) is 0 Å². The topological polar surface area (TPSA) is 90.5 Å². The number of sulfone groups is 1. The molecule has 1 aliphatic carbocycles. The van der Waals surface area contributed by atoms with Gasteiger partial charge in [0.15, 0.2) is 0 Å². The predicted octanol–water partition coefficient (Wildman–Crippen LogP) is 5.05. The number of nitrogens with one attached hydrogen (secondary N) is 2. The Kier molecular flexibility index (Phi) is 8.08. The molecule has 0 radical (unpaired) electrons. The van der Waals surface area contributed by atoms with E-state index in [0.29, 0.717) is 23.4 Å². The lowest BCUT2D eigenvalue weighted by atomic mass is 10.2. The first-order valence-corrected chi connectivity index (χ1v) is 14.6. The molecule has 2 N–H and O–H groups in total. The number of hydrogen-bond acceptors (Lipinski definition) is 8. The molecule has 0 spiro atoms. The van der Waals surface area contributed by atoms with Crippen LogP contribution in [0.4, 0.5) is 31.9 Å². The Labute approximate surface area is 227 Å². The number of nitrogens with zero attached hydrogens (tertiary/aromatic N) is 4. The normalized spacial score (nSPS) is 17.2. The number of benzene rings is 2. The van der Waals surface area contributed by atoms with Gasteiger partial charge >= 0.3 is 0 Å². The first-order valence-electron chi connectivity index (χ1n) is 13.1. The molecule has 2 aromatic carbocycles. The van der Waals surface area contributed by atoms with Crippen molar-refractivity contribution >= 4 is 39.1 Å². The summed E-state index contributed by atoms with van der Waals surface area (Å²) >= 11 is 0. The van der Waals surface area contributed by atoms with Crippen LogP contribution in [0, 0.1) is 11.6 Å². The van der Waals surface area contributed by atoms with Gasteiger partial charge in [0.1, 0.15) is 22.3 Å². The highest BCUT2D eigenvalue weighted by Gasteiger charge is 2.20. The van der Waals surface area contributed by atoms with Gasteiger partial charge in [-0.25, -0.2) is 22.2 Å². The van der Waals surface area contributed by atoms with Gasteiger partial charge in [-0.15, -0.1) is 0 Å². The molecule has 1 aliphatic heterocycles. The number of rotatable bonds is 8. The summed E-state index contributed by atoms with van der Waals surface area (Å²) in [6.07, 6.45) is 7.06. The maximum Gasteiger partial charge on any atom is 0.229 e. The maximum absolute atomic E-state index is 14.1. The van der Waals surface area contributed by atoms with Gasteiger partial charge in [-0.2, -0.15) is 4.98 Å². The summed E-state index contributed by atoms with van der Waals surface area (Å²) < 4.78 is 52.8. The molecule has 1 aromatic heterocycles. The fourth-order valence-electron chi connectivity index (χ4n) is 4.84. The Hall–Kier alpha value is -3.57. The van der Waals surface area contributed by atoms with Crippen LogP contribution in [0.25, 0.3) is 6.08 Å². The third-order valence-corrected chi connectivity index (χ3v) is 8.57. The van der Waals surface area contributed by atoms with Gasteiger partial charge in [-0.3, -0.25) is 0 Å². The second kappa shape index (κ2) is 11.7. The second-order valence-corrected chi connectivity index (χ2v) is 11.8. The minimum absolute atomic E-state index is 0.217. The van der Waals surface area contributed by atoms with Gasteiger partial charge in [-0.05, 0) is 62.4 Å². The molecule has 206 valence electrons. The molecule has 0 unspecified atom stereocenters. The zero-order chi connectivity index (χ0) is 27.4. The maximum atomic E-state index is 14.1. The SMILES string of the molecule is CN1CCN(c2ccc(Nc3ncc(/C=C/S(=O)(=O)c4ccc(F)cc4F)c(NC4CCCC4)n3)cc2)CC1. The van der Waals surface area contributed by atoms with E-state index in [1.165, 1.54) is 12.3 Å². The molecule has 0 atom stereocenters. The van der Waals surface area contributed by atoms with Crippen molar-refractivity contribution in [1.82, 2.24) is 14.9 Å². The average Bonchev–Trinajstić information content (AvgIpc) is 3.42. The van der Waals surface area contributed by atoms with Crippen LogP contribution in [0.5, 0.6) is 0 Å². The molecule has 1 saturated carbocycles. The van der Waals surface area contributed by atoms with E-state index in [-0.39, 0.29) is 6.04 Å². The molecule has 2 fully saturated rings. The van der Waals surface area contributed by atoms with Gasteiger partial charge < -0.3 is 20.4 Å². The molecule has 2 aliphatic rings. The van der Waals surface area contributed by atoms with E-state index in [1.54, 1.807) is 0 Å². The Morgan fingerprint density at radius 1 is 1.00 bits per heavy atom. The smallest absolute Gasteiger partial charge is 0.229 e. The van der Waals surface area contributed by atoms with Crippen molar-refractivity contribution in [2.24, 2.45) is 0 Å². The van der Waals surface area contributed by atoms with Crippen LogP contribution in [0.2, 0.25) is 0 Å². The molecule has 1 saturated heterocycles. The molecule has 0 amide bonds. The Bertz CT molecular complexity index is 1430. The first-order chi connectivity index (χ1) is 18.8. The van der Waals surface area contributed by atoms with Crippen LogP contribution < -0.4 is 15.5 Å². The van der Waals surface area contributed by atoms with E-state index >= 15 is 0 Å². The van der Waals surface area contributed by atoms with E-state index in [1.807, 2.05) is 12.1 Å². The van der Waals surface area contributed by atoms with Crippen molar-refractivity contribution in [2.75, 3.05) is 48.8 Å². The molecule has 2 heterocycles. The first kappa shape index (κ1) is 27.0. The van der Waals surface area contributed by atoms with Crippen LogP contribution >= 0.6 is 0 Å². The van der Waals surface area contributed by atoms with Crippen molar-refractivity contribution < 1.29 is 17.2 Å². The third kappa shape index (κ3) is 6.72. The van der Waals surface area contributed by atoms with Crippen molar-refractivity contribution in [1.29, 1.82) is 0 Å². The lowest BCUT2D eigenvalue weighted by Crippen LogP contribution is -2.44. The highest BCUT2D eigenvalue weighted by Crippen LogP contribution is 2.27. The summed E-state index contributed by atoms with van der Waals surface area (Å²) in [6, 6.07) is 10.7. The zero-order valence-electron chi connectivity index (χ0n) is 21.8. The van der Waals surface area contributed by atoms with Crippen LogP contribution in [0.15, 0.2) is 59.0 Å². The highest BCUT2D eigenvalue weighted by molar-refractivity contribution is 7.94. The summed E-state index contributed by atoms with van der Waals surface area (Å²) in [5.41, 5.74) is 2.44. The zero-order valence-corrected chi connectivity index (χ0v) is 22.6. The quantitative estimate of drug-likeness (QED) is 0.374. The Morgan fingerprint density at radius 2 is 1.72 bits per heavy atom. The van der Waals surface area contributed by atoms with Gasteiger partial charge in [-0.1, -0.05) is 12.8 Å².